The number of nitrogens with zero attached hydrogens (tertiary/aromatic N) is 2. The number of fused-ring (bicyclic) bond motifs is 1. The van der Waals surface area contributed by atoms with Crippen molar-refractivity contribution in [2.24, 2.45) is 4.99 Å². The van der Waals surface area contributed by atoms with Crippen molar-refractivity contribution >= 4 is 66.8 Å². The van der Waals surface area contributed by atoms with Crippen molar-refractivity contribution in [1.82, 2.24) is 4.57 Å². The zero-order valence-electron chi connectivity index (χ0n) is 12.8. The molecule has 0 bridgehead atoms. The number of carbonyl (C=O) groups is 1. The number of thiazole rings is 1. The van der Waals surface area contributed by atoms with Crippen LogP contribution in [-0.2, 0) is 6.54 Å². The van der Waals surface area contributed by atoms with E-state index in [1.165, 1.54) is 11.3 Å². The van der Waals surface area contributed by atoms with Crippen LogP contribution in [0.2, 0.25) is 5.02 Å². The monoisotopic (exact) mass is 440 g/mol. The minimum absolute atomic E-state index is 0.252. The van der Waals surface area contributed by atoms with Crippen LogP contribution in [-0.4, -0.2) is 22.5 Å². The Morgan fingerprint density at radius 2 is 2.12 bits per heavy atom. The van der Waals surface area contributed by atoms with Crippen LogP contribution in [0.5, 0.6) is 0 Å². The highest BCUT2D eigenvalue weighted by atomic mass is 79.9. The zero-order chi connectivity index (χ0) is 17.1. The maximum absolute atomic E-state index is 12.6. The fourth-order valence-corrected chi connectivity index (χ4v) is 4.46. The molecule has 0 radical (unpaired) electrons. The second-order valence-corrected chi connectivity index (χ2v) is 8.32. The Morgan fingerprint density at radius 1 is 1.33 bits per heavy atom. The predicted molar refractivity (Wildman–Crippen MR) is 107 cm³/mol. The van der Waals surface area contributed by atoms with Gasteiger partial charge < -0.3 is 4.57 Å². The van der Waals surface area contributed by atoms with Gasteiger partial charge in [0.1, 0.15) is 0 Å². The number of benzene rings is 2. The number of thioether (sulfide) groups is 1. The van der Waals surface area contributed by atoms with Gasteiger partial charge in [0.05, 0.1) is 15.8 Å². The maximum atomic E-state index is 12.6. The van der Waals surface area contributed by atoms with Crippen molar-refractivity contribution in [3.8, 4) is 0 Å². The molecule has 3 nitrogen and oxygen atoms in total. The molecule has 1 heterocycles. The van der Waals surface area contributed by atoms with E-state index in [-0.39, 0.29) is 5.91 Å². The summed E-state index contributed by atoms with van der Waals surface area (Å²) in [6, 6.07) is 13.1. The van der Waals surface area contributed by atoms with Crippen LogP contribution in [0.4, 0.5) is 0 Å². The van der Waals surface area contributed by atoms with Crippen molar-refractivity contribution in [3.05, 3.63) is 62.3 Å². The fraction of sp³-hybridized carbons (Fsp3) is 0.176. The van der Waals surface area contributed by atoms with Crippen molar-refractivity contribution in [3.63, 3.8) is 0 Å². The molecule has 0 saturated carbocycles. The third-order valence-electron chi connectivity index (χ3n) is 3.47. The lowest BCUT2D eigenvalue weighted by molar-refractivity contribution is 0.0997. The molecule has 0 saturated heterocycles. The van der Waals surface area contributed by atoms with Gasteiger partial charge in [0.15, 0.2) is 4.80 Å². The Bertz CT molecular complexity index is 965. The molecule has 0 aliphatic carbocycles. The number of hydrogen-bond acceptors (Lipinski definition) is 3. The lowest BCUT2D eigenvalue weighted by Crippen LogP contribution is -2.18. The largest absolute Gasteiger partial charge is 0.316 e. The van der Waals surface area contributed by atoms with E-state index in [1.54, 1.807) is 17.8 Å². The quantitative estimate of drug-likeness (QED) is 0.556. The Kier molecular flexibility index (Phi) is 5.81. The van der Waals surface area contributed by atoms with Crippen molar-refractivity contribution in [2.45, 2.75) is 6.54 Å². The van der Waals surface area contributed by atoms with E-state index < -0.39 is 0 Å². The van der Waals surface area contributed by atoms with E-state index in [4.69, 9.17) is 11.6 Å². The van der Waals surface area contributed by atoms with E-state index in [1.807, 2.05) is 36.4 Å². The van der Waals surface area contributed by atoms with E-state index in [2.05, 4.69) is 31.7 Å². The second kappa shape index (κ2) is 7.87. The number of aryl methyl sites for hydroxylation is 1. The molecule has 124 valence electrons. The first-order valence-electron chi connectivity index (χ1n) is 7.21. The number of rotatable bonds is 4. The smallest absolute Gasteiger partial charge is 0.280 e. The lowest BCUT2D eigenvalue weighted by Gasteiger charge is -2.04. The van der Waals surface area contributed by atoms with Gasteiger partial charge in [-0.3, -0.25) is 4.79 Å². The zero-order valence-corrected chi connectivity index (χ0v) is 16.8. The summed E-state index contributed by atoms with van der Waals surface area (Å²) < 4.78 is 3.86. The van der Waals surface area contributed by atoms with Crippen molar-refractivity contribution < 1.29 is 4.79 Å². The molecule has 3 rings (SSSR count). The average Bonchev–Trinajstić information content (AvgIpc) is 2.89. The van der Waals surface area contributed by atoms with Crippen LogP contribution in [0.25, 0.3) is 10.2 Å². The summed E-state index contributed by atoms with van der Waals surface area (Å²) in [4.78, 5) is 17.6. The first-order chi connectivity index (χ1) is 11.6. The molecule has 0 N–H and O–H groups in total. The molecule has 1 aromatic heterocycles. The molecule has 3 aromatic rings. The molecule has 2 aromatic carbocycles. The van der Waals surface area contributed by atoms with Crippen LogP contribution in [0.3, 0.4) is 0 Å². The molecule has 0 unspecified atom stereocenters. The van der Waals surface area contributed by atoms with Gasteiger partial charge in [0.2, 0.25) is 0 Å². The Labute approximate surface area is 161 Å². The highest BCUT2D eigenvalue weighted by Gasteiger charge is 2.11. The summed E-state index contributed by atoms with van der Waals surface area (Å²) in [6.45, 7) is 0.796. The van der Waals surface area contributed by atoms with Gasteiger partial charge in [-0.1, -0.05) is 35.1 Å². The number of carbonyl (C=O) groups excluding carboxylic acids is 1. The Morgan fingerprint density at radius 3 is 2.88 bits per heavy atom. The summed E-state index contributed by atoms with van der Waals surface area (Å²) in [7, 11) is 0. The number of halogens is 2. The summed E-state index contributed by atoms with van der Waals surface area (Å²) in [5.74, 6) is 0.697. The standard InChI is InChI=1S/C17H14BrClN2OS2/c1-23-9-8-21-14-7-6-11(19)10-15(14)24-17(21)20-16(22)12-4-2-3-5-13(12)18/h2-7,10H,8-9H2,1H3. The summed E-state index contributed by atoms with van der Waals surface area (Å²) in [6.07, 6.45) is 2.06. The highest BCUT2D eigenvalue weighted by molar-refractivity contribution is 9.10. The molecule has 1 amide bonds. The Hall–Kier alpha value is -1.08. The van der Waals surface area contributed by atoms with Gasteiger partial charge in [0, 0.05) is 21.8 Å². The molecular formula is C17H14BrClN2OS2. The normalized spacial score (nSPS) is 12.0. The molecule has 24 heavy (non-hydrogen) atoms. The van der Waals surface area contributed by atoms with Gasteiger partial charge in [0.25, 0.3) is 5.91 Å². The maximum Gasteiger partial charge on any atom is 0.280 e. The predicted octanol–water partition coefficient (Wildman–Crippen LogP) is 5.22. The van der Waals surface area contributed by atoms with Crippen molar-refractivity contribution in [1.29, 1.82) is 0 Å². The number of hydrogen-bond donors (Lipinski definition) is 0. The topological polar surface area (TPSA) is 34.4 Å². The van der Waals surface area contributed by atoms with Crippen LogP contribution in [0, 0.1) is 0 Å². The summed E-state index contributed by atoms with van der Waals surface area (Å²) in [5, 5.41) is 0.685. The summed E-state index contributed by atoms with van der Waals surface area (Å²) >= 11 is 12.8. The molecule has 0 atom stereocenters. The van der Waals surface area contributed by atoms with Crippen molar-refractivity contribution in [2.75, 3.05) is 12.0 Å². The van der Waals surface area contributed by atoms with Crippen LogP contribution >= 0.6 is 50.6 Å². The van der Waals surface area contributed by atoms with Crippen LogP contribution in [0.1, 0.15) is 10.4 Å². The van der Waals surface area contributed by atoms with Crippen LogP contribution in [0.15, 0.2) is 51.9 Å². The van der Waals surface area contributed by atoms with E-state index >= 15 is 0 Å². The number of amides is 1. The minimum atomic E-state index is -0.252. The number of aromatic nitrogens is 1. The van der Waals surface area contributed by atoms with Gasteiger partial charge in [-0.25, -0.2) is 0 Å². The fourth-order valence-electron chi connectivity index (χ4n) is 2.31. The Balaban J connectivity index is 2.13. The minimum Gasteiger partial charge on any atom is -0.316 e. The van der Waals surface area contributed by atoms with Gasteiger partial charge >= 0.3 is 0 Å². The van der Waals surface area contributed by atoms with Gasteiger partial charge in [-0.05, 0) is 52.5 Å². The summed E-state index contributed by atoms with van der Waals surface area (Å²) in [5.41, 5.74) is 1.61. The van der Waals surface area contributed by atoms with E-state index in [0.29, 0.717) is 15.4 Å². The second-order valence-electron chi connectivity index (χ2n) is 5.04. The SMILES string of the molecule is CSCCn1c(=NC(=O)c2ccccc2Br)sc2cc(Cl)ccc21. The van der Waals surface area contributed by atoms with Gasteiger partial charge in [-0.2, -0.15) is 16.8 Å². The van der Waals surface area contributed by atoms with E-state index in [0.717, 1.165) is 27.0 Å². The lowest BCUT2D eigenvalue weighted by atomic mass is 10.2. The first-order valence-corrected chi connectivity index (χ1v) is 10.6. The molecule has 0 fully saturated rings. The molecule has 0 aliphatic heterocycles. The molecule has 7 heteroatoms. The molecule has 0 spiro atoms. The third kappa shape index (κ3) is 3.77. The molecular weight excluding hydrogens is 428 g/mol. The van der Waals surface area contributed by atoms with E-state index in [9.17, 15) is 4.79 Å². The third-order valence-corrected chi connectivity index (χ3v) is 6.02. The van der Waals surface area contributed by atoms with Crippen LogP contribution < -0.4 is 4.80 Å². The molecule has 0 aliphatic rings. The highest BCUT2D eigenvalue weighted by Crippen LogP contribution is 2.22. The van der Waals surface area contributed by atoms with Gasteiger partial charge in [-0.15, -0.1) is 0 Å². The average molecular weight is 442 g/mol. The first kappa shape index (κ1) is 17.7.